The zero-order valence-electron chi connectivity index (χ0n) is 19.5. The predicted octanol–water partition coefficient (Wildman–Crippen LogP) is 2.73. The molecule has 9 nitrogen and oxygen atoms in total. The number of carbonyl (C=O) groups is 3. The summed E-state index contributed by atoms with van der Waals surface area (Å²) in [5, 5.41) is 2.75. The molecule has 0 aliphatic rings. The Balaban J connectivity index is 2.21. The average Bonchev–Trinajstić information content (AvgIpc) is 3.20. The summed E-state index contributed by atoms with van der Waals surface area (Å²) >= 11 is 0.714. The van der Waals surface area contributed by atoms with E-state index in [4.69, 9.17) is 16.2 Å². The summed E-state index contributed by atoms with van der Waals surface area (Å²) in [5.74, 6) is -2.53. The van der Waals surface area contributed by atoms with Gasteiger partial charge >= 0.3 is 0 Å². The lowest BCUT2D eigenvalue weighted by Gasteiger charge is -2.32. The van der Waals surface area contributed by atoms with Crippen molar-refractivity contribution in [3.63, 3.8) is 0 Å². The molecule has 184 valence electrons. The van der Waals surface area contributed by atoms with Gasteiger partial charge in [0.05, 0.1) is 12.3 Å². The summed E-state index contributed by atoms with van der Waals surface area (Å²) in [5.41, 5.74) is 13.5. The Bertz CT molecular complexity index is 1250. The predicted molar refractivity (Wildman–Crippen MR) is 132 cm³/mol. The fourth-order valence-electron chi connectivity index (χ4n) is 3.62. The van der Waals surface area contributed by atoms with Gasteiger partial charge in [-0.1, -0.05) is 29.8 Å². The van der Waals surface area contributed by atoms with Gasteiger partial charge in [-0.2, -0.15) is 4.37 Å². The van der Waals surface area contributed by atoms with Crippen molar-refractivity contribution in [1.82, 2.24) is 9.69 Å². The number of aryl methyl sites for hydroxylation is 2. The Hall–Kier alpha value is -3.83. The van der Waals surface area contributed by atoms with Gasteiger partial charge in [-0.05, 0) is 54.7 Å². The number of rotatable bonds is 9. The van der Waals surface area contributed by atoms with Crippen LogP contribution in [0, 0.1) is 19.7 Å². The van der Waals surface area contributed by atoms with Crippen molar-refractivity contribution < 1.29 is 23.5 Å². The van der Waals surface area contributed by atoms with E-state index in [1.807, 2.05) is 13.0 Å². The maximum absolute atomic E-state index is 13.9. The first kappa shape index (κ1) is 25.8. The Kier molecular flexibility index (Phi) is 8.15. The third-order valence-corrected chi connectivity index (χ3v) is 6.13. The number of carbonyl (C=O) groups excluding carboxylic acids is 3. The number of primary amides is 1. The maximum Gasteiger partial charge on any atom is 0.273 e. The second-order valence-electron chi connectivity index (χ2n) is 7.84. The standard InChI is InChI=1S/C24H26FN5O4S/c1-13-4-9-17(14(2)12-13)30(24(33)21-18(26)19(22(27)31)29-35-21)20(23(32)28-10-11-34-3)15-5-7-16(25)8-6-15/h4-9,12,20H,10-11,26H2,1-3H3,(H2,27,31)(H,28,32)/t20-/m0/s1. The maximum atomic E-state index is 13.9. The summed E-state index contributed by atoms with van der Waals surface area (Å²) in [7, 11) is 1.50. The van der Waals surface area contributed by atoms with Crippen molar-refractivity contribution in [3.05, 3.63) is 75.5 Å². The minimum absolute atomic E-state index is 0.0458. The number of hydrogen-bond acceptors (Lipinski definition) is 7. The molecule has 2 aromatic carbocycles. The monoisotopic (exact) mass is 499 g/mol. The molecule has 0 unspecified atom stereocenters. The van der Waals surface area contributed by atoms with Crippen LogP contribution in [0.1, 0.15) is 42.9 Å². The van der Waals surface area contributed by atoms with E-state index in [1.54, 1.807) is 19.1 Å². The number of methoxy groups -OCH3 is 1. The number of amides is 3. The zero-order chi connectivity index (χ0) is 25.7. The second kappa shape index (κ2) is 11.1. The number of ether oxygens (including phenoxy) is 1. The Morgan fingerprint density at radius 1 is 1.17 bits per heavy atom. The van der Waals surface area contributed by atoms with Crippen LogP contribution >= 0.6 is 11.5 Å². The Morgan fingerprint density at radius 3 is 2.43 bits per heavy atom. The highest BCUT2D eigenvalue weighted by molar-refractivity contribution is 7.09. The molecule has 5 N–H and O–H groups in total. The van der Waals surface area contributed by atoms with Crippen molar-refractivity contribution in [2.45, 2.75) is 19.9 Å². The van der Waals surface area contributed by atoms with Crippen LogP contribution in [-0.4, -0.2) is 42.4 Å². The lowest BCUT2D eigenvalue weighted by molar-refractivity contribution is -0.122. The quantitative estimate of drug-likeness (QED) is 0.387. The van der Waals surface area contributed by atoms with E-state index in [2.05, 4.69) is 9.69 Å². The third kappa shape index (κ3) is 5.64. The van der Waals surface area contributed by atoms with Crippen LogP contribution in [0.5, 0.6) is 0 Å². The molecule has 0 fully saturated rings. The highest BCUT2D eigenvalue weighted by Crippen LogP contribution is 2.35. The summed E-state index contributed by atoms with van der Waals surface area (Å²) < 4.78 is 22.7. The molecule has 0 bridgehead atoms. The first-order valence-electron chi connectivity index (χ1n) is 10.6. The van der Waals surface area contributed by atoms with Gasteiger partial charge in [0.15, 0.2) is 5.69 Å². The van der Waals surface area contributed by atoms with Crippen molar-refractivity contribution >= 4 is 40.6 Å². The molecule has 0 saturated heterocycles. The third-order valence-electron chi connectivity index (χ3n) is 5.28. The number of halogens is 1. The number of aromatic nitrogens is 1. The van der Waals surface area contributed by atoms with Crippen molar-refractivity contribution in [2.75, 3.05) is 30.9 Å². The molecule has 0 aliphatic heterocycles. The molecule has 1 heterocycles. The summed E-state index contributed by atoms with van der Waals surface area (Å²) in [4.78, 5) is 40.3. The highest BCUT2D eigenvalue weighted by atomic mass is 32.1. The molecule has 11 heteroatoms. The Morgan fingerprint density at radius 2 is 1.86 bits per heavy atom. The minimum atomic E-state index is -1.19. The van der Waals surface area contributed by atoms with E-state index in [0.717, 1.165) is 5.56 Å². The average molecular weight is 500 g/mol. The van der Waals surface area contributed by atoms with Gasteiger partial charge < -0.3 is 21.5 Å². The molecule has 0 spiro atoms. The van der Waals surface area contributed by atoms with Crippen LogP contribution in [0.15, 0.2) is 42.5 Å². The van der Waals surface area contributed by atoms with Crippen molar-refractivity contribution in [1.29, 1.82) is 0 Å². The van der Waals surface area contributed by atoms with E-state index >= 15 is 0 Å². The van der Waals surface area contributed by atoms with E-state index in [0.29, 0.717) is 28.3 Å². The van der Waals surface area contributed by atoms with Crippen molar-refractivity contribution in [3.8, 4) is 0 Å². The number of benzene rings is 2. The number of hydrogen-bond donors (Lipinski definition) is 3. The van der Waals surface area contributed by atoms with Gasteiger partial charge in [0.1, 0.15) is 16.7 Å². The zero-order valence-corrected chi connectivity index (χ0v) is 20.3. The smallest absolute Gasteiger partial charge is 0.273 e. The number of nitrogens with one attached hydrogen (secondary N) is 1. The largest absolute Gasteiger partial charge is 0.395 e. The van der Waals surface area contributed by atoms with Gasteiger partial charge in [-0.25, -0.2) is 4.39 Å². The topological polar surface area (TPSA) is 141 Å². The Labute approximate surface area is 206 Å². The fourth-order valence-corrected chi connectivity index (χ4v) is 4.36. The van der Waals surface area contributed by atoms with E-state index in [1.165, 1.54) is 36.3 Å². The van der Waals surface area contributed by atoms with Crippen LogP contribution < -0.4 is 21.7 Å². The second-order valence-corrected chi connectivity index (χ2v) is 8.61. The summed E-state index contributed by atoms with van der Waals surface area (Å²) in [6.07, 6.45) is 0. The molecule has 35 heavy (non-hydrogen) atoms. The number of nitrogens with zero attached hydrogens (tertiary/aromatic N) is 2. The lowest BCUT2D eigenvalue weighted by Crippen LogP contribution is -2.45. The number of nitrogens with two attached hydrogens (primary N) is 2. The molecule has 0 saturated carbocycles. The van der Waals surface area contributed by atoms with Crippen LogP contribution in [-0.2, 0) is 9.53 Å². The lowest BCUT2D eigenvalue weighted by atomic mass is 10.0. The van der Waals surface area contributed by atoms with Crippen LogP contribution in [0.3, 0.4) is 0 Å². The molecular weight excluding hydrogens is 473 g/mol. The number of anilines is 2. The molecule has 0 aliphatic carbocycles. The van der Waals surface area contributed by atoms with Crippen LogP contribution in [0.25, 0.3) is 0 Å². The first-order valence-corrected chi connectivity index (χ1v) is 11.4. The van der Waals surface area contributed by atoms with E-state index < -0.39 is 29.6 Å². The van der Waals surface area contributed by atoms with Gasteiger partial charge in [-0.3, -0.25) is 19.3 Å². The highest BCUT2D eigenvalue weighted by Gasteiger charge is 2.36. The van der Waals surface area contributed by atoms with Crippen LogP contribution in [0.4, 0.5) is 15.8 Å². The van der Waals surface area contributed by atoms with Gasteiger partial charge in [0, 0.05) is 19.3 Å². The molecule has 0 radical (unpaired) electrons. The summed E-state index contributed by atoms with van der Waals surface area (Å²) in [6.45, 7) is 4.15. The molecule has 3 aromatic rings. The van der Waals surface area contributed by atoms with Gasteiger partial charge in [-0.15, -0.1) is 0 Å². The van der Waals surface area contributed by atoms with Crippen LogP contribution in [0.2, 0.25) is 0 Å². The molecule has 3 rings (SSSR count). The molecular formula is C24H26FN5O4S. The molecule has 1 aromatic heterocycles. The molecule has 1 atom stereocenters. The minimum Gasteiger partial charge on any atom is -0.395 e. The van der Waals surface area contributed by atoms with E-state index in [9.17, 15) is 18.8 Å². The normalized spacial score (nSPS) is 11.7. The molecule has 3 amide bonds. The fraction of sp³-hybridized carbons (Fsp3) is 0.250. The first-order chi connectivity index (χ1) is 16.6. The van der Waals surface area contributed by atoms with Gasteiger partial charge in [0.2, 0.25) is 5.91 Å². The number of nitrogen functional groups attached to an aromatic ring is 1. The SMILES string of the molecule is COCCNC(=O)[C@H](c1ccc(F)cc1)N(C(=O)c1snc(C(N)=O)c1N)c1ccc(C)cc1C. The van der Waals surface area contributed by atoms with Crippen molar-refractivity contribution in [2.24, 2.45) is 5.73 Å². The van der Waals surface area contributed by atoms with E-state index in [-0.39, 0.29) is 29.4 Å². The summed E-state index contributed by atoms with van der Waals surface area (Å²) in [6, 6.07) is 9.48. The van der Waals surface area contributed by atoms with Gasteiger partial charge in [0.25, 0.3) is 11.8 Å².